The second kappa shape index (κ2) is 7.31. The first-order chi connectivity index (χ1) is 8.68. The van der Waals surface area contributed by atoms with Crippen molar-refractivity contribution in [1.82, 2.24) is 9.55 Å². The molecular formula is C8H11F3N4O4. The zero-order chi connectivity index (χ0) is 15.1. The van der Waals surface area contributed by atoms with E-state index in [2.05, 4.69) is 4.98 Å². The van der Waals surface area contributed by atoms with Crippen LogP contribution in [0.25, 0.3) is 0 Å². The van der Waals surface area contributed by atoms with Crippen molar-refractivity contribution < 1.29 is 28.0 Å². The second-order valence-electron chi connectivity index (χ2n) is 3.17. The van der Waals surface area contributed by atoms with Gasteiger partial charge in [0.2, 0.25) is 6.33 Å². The highest BCUT2D eigenvalue weighted by molar-refractivity contribution is 5.73. The summed E-state index contributed by atoms with van der Waals surface area (Å²) < 4.78 is 33.4. The monoisotopic (exact) mass is 284 g/mol. The summed E-state index contributed by atoms with van der Waals surface area (Å²) in [6, 6.07) is 0. The quantitative estimate of drug-likeness (QED) is 0.621. The Morgan fingerprint density at radius 3 is 2.42 bits per heavy atom. The number of aliphatic carboxylic acids is 1. The lowest BCUT2D eigenvalue weighted by atomic mass is 10.4. The van der Waals surface area contributed by atoms with E-state index >= 15 is 0 Å². The smallest absolute Gasteiger partial charge is 0.475 e. The molecule has 1 aromatic rings. The Bertz CT molecular complexity index is 432. The molecule has 0 bridgehead atoms. The van der Waals surface area contributed by atoms with Gasteiger partial charge in [0.15, 0.2) is 0 Å². The van der Waals surface area contributed by atoms with E-state index in [-0.39, 0.29) is 5.82 Å². The number of rotatable bonds is 4. The molecule has 0 aliphatic carbocycles. The van der Waals surface area contributed by atoms with Crippen LogP contribution in [0.4, 0.5) is 19.0 Å². The van der Waals surface area contributed by atoms with Gasteiger partial charge in [-0.3, -0.25) is 0 Å². The zero-order valence-electron chi connectivity index (χ0n) is 9.50. The minimum atomic E-state index is -5.08. The molecule has 11 heteroatoms. The fraction of sp³-hybridized carbons (Fsp3) is 0.500. The van der Waals surface area contributed by atoms with Crippen LogP contribution in [0.3, 0.4) is 0 Å². The van der Waals surface area contributed by atoms with Gasteiger partial charge in [-0.2, -0.15) is 13.2 Å². The number of carboxylic acids is 1. The van der Waals surface area contributed by atoms with Gasteiger partial charge in [0.05, 0.1) is 0 Å². The summed E-state index contributed by atoms with van der Waals surface area (Å²) in [5.74, 6) is -2.88. The molecule has 0 unspecified atom stereocenters. The number of halogens is 3. The highest BCUT2D eigenvalue weighted by atomic mass is 19.4. The number of hydrogen-bond acceptors (Lipinski definition) is 5. The number of nitrogens with zero attached hydrogens (tertiary/aromatic N) is 3. The molecule has 0 spiro atoms. The fourth-order valence-electron chi connectivity index (χ4n) is 0.839. The summed E-state index contributed by atoms with van der Waals surface area (Å²) in [6.07, 6.45) is -1.45. The molecule has 3 N–H and O–H groups in total. The van der Waals surface area contributed by atoms with E-state index in [9.17, 15) is 23.3 Å². The SMILES string of the molecule is NCCCn1cnc([N+](=O)[O-])c1.O=C(O)C(F)(F)F. The summed E-state index contributed by atoms with van der Waals surface area (Å²) in [5.41, 5.74) is 5.28. The summed E-state index contributed by atoms with van der Waals surface area (Å²) in [6.45, 7) is 1.25. The van der Waals surface area contributed by atoms with Gasteiger partial charge in [0.25, 0.3) is 0 Å². The lowest BCUT2D eigenvalue weighted by molar-refractivity contribution is -0.389. The number of aryl methyl sites for hydroxylation is 1. The number of alkyl halides is 3. The molecule has 0 saturated heterocycles. The summed E-state index contributed by atoms with van der Waals surface area (Å²) in [5, 5.41) is 17.3. The van der Waals surface area contributed by atoms with Gasteiger partial charge in [0.1, 0.15) is 6.20 Å². The van der Waals surface area contributed by atoms with Crippen LogP contribution < -0.4 is 5.73 Å². The summed E-state index contributed by atoms with van der Waals surface area (Å²) in [4.78, 5) is 22.2. The lowest BCUT2D eigenvalue weighted by Gasteiger charge is -1.95. The van der Waals surface area contributed by atoms with Crippen LogP contribution in [0.2, 0.25) is 0 Å². The average molecular weight is 284 g/mol. The van der Waals surface area contributed by atoms with Crippen LogP contribution in [0, 0.1) is 10.1 Å². The Morgan fingerprint density at radius 1 is 1.58 bits per heavy atom. The zero-order valence-corrected chi connectivity index (χ0v) is 9.50. The van der Waals surface area contributed by atoms with Gasteiger partial charge in [-0.15, -0.1) is 0 Å². The third-order valence-electron chi connectivity index (χ3n) is 1.67. The highest BCUT2D eigenvalue weighted by Gasteiger charge is 2.38. The van der Waals surface area contributed by atoms with Gasteiger partial charge in [-0.1, -0.05) is 0 Å². The molecule has 1 aromatic heterocycles. The van der Waals surface area contributed by atoms with E-state index in [0.717, 1.165) is 6.42 Å². The number of hydrogen-bond donors (Lipinski definition) is 2. The van der Waals surface area contributed by atoms with E-state index in [0.29, 0.717) is 13.1 Å². The number of aromatic nitrogens is 2. The van der Waals surface area contributed by atoms with Crippen LogP contribution in [-0.2, 0) is 11.3 Å². The van der Waals surface area contributed by atoms with Crippen LogP contribution in [0.5, 0.6) is 0 Å². The largest absolute Gasteiger partial charge is 0.490 e. The van der Waals surface area contributed by atoms with Gasteiger partial charge in [-0.05, 0) is 22.9 Å². The van der Waals surface area contributed by atoms with E-state index in [4.69, 9.17) is 15.6 Å². The minimum absolute atomic E-state index is 0.118. The molecule has 8 nitrogen and oxygen atoms in total. The fourth-order valence-corrected chi connectivity index (χ4v) is 0.839. The van der Waals surface area contributed by atoms with E-state index in [1.165, 1.54) is 12.5 Å². The van der Waals surface area contributed by atoms with Crippen molar-refractivity contribution in [2.24, 2.45) is 5.73 Å². The van der Waals surface area contributed by atoms with E-state index in [1.54, 1.807) is 4.57 Å². The molecule has 108 valence electrons. The Kier molecular flexibility index (Phi) is 6.47. The highest BCUT2D eigenvalue weighted by Crippen LogP contribution is 2.13. The second-order valence-corrected chi connectivity index (χ2v) is 3.17. The van der Waals surface area contributed by atoms with Crippen molar-refractivity contribution in [3.63, 3.8) is 0 Å². The predicted octanol–water partition coefficient (Wildman–Crippen LogP) is 0.773. The number of carbonyl (C=O) groups is 1. The van der Waals surface area contributed by atoms with Crippen molar-refractivity contribution in [2.75, 3.05) is 6.54 Å². The summed E-state index contributed by atoms with van der Waals surface area (Å²) in [7, 11) is 0. The molecule has 0 aromatic carbocycles. The van der Waals surface area contributed by atoms with Crippen molar-refractivity contribution in [1.29, 1.82) is 0 Å². The Morgan fingerprint density at radius 2 is 2.11 bits per heavy atom. The molecule has 1 rings (SSSR count). The molecular weight excluding hydrogens is 273 g/mol. The first-order valence-corrected chi connectivity index (χ1v) is 4.84. The molecule has 0 aliphatic rings. The number of nitro groups is 1. The molecule has 0 amide bonds. The Labute approximate surface area is 104 Å². The Balaban J connectivity index is 0.000000399. The van der Waals surface area contributed by atoms with Crippen LogP contribution >= 0.6 is 0 Å². The number of imidazole rings is 1. The summed E-state index contributed by atoms with van der Waals surface area (Å²) >= 11 is 0. The minimum Gasteiger partial charge on any atom is -0.475 e. The van der Waals surface area contributed by atoms with Gasteiger partial charge in [0, 0.05) is 6.54 Å². The topological polar surface area (TPSA) is 124 Å². The molecule has 0 aliphatic heterocycles. The number of carboxylic acid groups (broad SMARTS) is 1. The lowest BCUT2D eigenvalue weighted by Crippen LogP contribution is -2.21. The molecule has 0 saturated carbocycles. The average Bonchev–Trinajstić information content (AvgIpc) is 2.74. The molecule has 0 fully saturated rings. The molecule has 0 atom stereocenters. The normalized spacial score (nSPS) is 10.5. The molecule has 1 heterocycles. The third-order valence-corrected chi connectivity index (χ3v) is 1.67. The standard InChI is InChI=1S/C6H10N4O2.C2HF3O2/c7-2-1-3-9-4-6(8-5-9)10(11)12;3-2(4,5)1(6)7/h4-5H,1-3,7H2;(H,6,7). The van der Waals surface area contributed by atoms with Crippen LogP contribution in [0.15, 0.2) is 12.5 Å². The Hall–Kier alpha value is -2.17. The van der Waals surface area contributed by atoms with Crippen molar-refractivity contribution >= 4 is 11.8 Å². The van der Waals surface area contributed by atoms with Crippen LogP contribution in [0.1, 0.15) is 6.42 Å². The third kappa shape index (κ3) is 6.98. The molecule has 19 heavy (non-hydrogen) atoms. The van der Waals surface area contributed by atoms with Gasteiger partial charge >= 0.3 is 18.0 Å². The predicted molar refractivity (Wildman–Crippen MR) is 56.2 cm³/mol. The van der Waals surface area contributed by atoms with Gasteiger partial charge < -0.3 is 25.5 Å². The molecule has 0 radical (unpaired) electrons. The van der Waals surface area contributed by atoms with Crippen molar-refractivity contribution in [2.45, 2.75) is 19.1 Å². The maximum Gasteiger partial charge on any atom is 0.490 e. The number of nitrogens with two attached hydrogens (primary N) is 1. The van der Waals surface area contributed by atoms with Crippen molar-refractivity contribution in [3.8, 4) is 0 Å². The maximum atomic E-state index is 10.6. The first kappa shape index (κ1) is 16.8. The van der Waals surface area contributed by atoms with Crippen molar-refractivity contribution in [3.05, 3.63) is 22.6 Å². The van der Waals surface area contributed by atoms with E-state index in [1.807, 2.05) is 0 Å². The maximum absolute atomic E-state index is 10.6. The first-order valence-electron chi connectivity index (χ1n) is 4.84. The van der Waals surface area contributed by atoms with Crippen LogP contribution in [-0.4, -0.2) is 38.3 Å². The van der Waals surface area contributed by atoms with Gasteiger partial charge in [-0.25, -0.2) is 4.79 Å². The van der Waals surface area contributed by atoms with E-state index < -0.39 is 17.1 Å².